The summed E-state index contributed by atoms with van der Waals surface area (Å²) in [6.07, 6.45) is -1.09. The lowest BCUT2D eigenvalue weighted by Crippen LogP contribution is -2.48. The largest absolute Gasteiger partial charge is 0.479 e. The van der Waals surface area contributed by atoms with Crippen LogP contribution < -0.4 is 0 Å². The fraction of sp³-hybridized carbons (Fsp3) is 0.400. The Morgan fingerprint density at radius 1 is 1.47 bits per heavy atom. The molecule has 0 aliphatic carbocycles. The highest BCUT2D eigenvalue weighted by molar-refractivity contribution is 5.92. The molecule has 1 unspecified atom stereocenters. The van der Waals surface area contributed by atoms with Gasteiger partial charge in [0.25, 0.3) is 5.91 Å². The number of aliphatic carboxylic acids is 1. The number of furan rings is 1. The van der Waals surface area contributed by atoms with Gasteiger partial charge in [0, 0.05) is 6.54 Å². The first-order valence-corrected chi connectivity index (χ1v) is 5.37. The molecule has 0 spiro atoms. The Morgan fingerprint density at radius 2 is 2.21 bits per heavy atom. The molecule has 1 fully saturated rings. The van der Waals surface area contributed by atoms with E-state index in [9.17, 15) is 19.7 Å². The van der Waals surface area contributed by atoms with Crippen molar-refractivity contribution in [1.82, 2.24) is 4.90 Å². The van der Waals surface area contributed by atoms with Crippen LogP contribution in [0.1, 0.15) is 10.6 Å². The highest BCUT2D eigenvalue weighted by Gasteiger charge is 2.31. The van der Waals surface area contributed by atoms with Crippen LogP contribution in [0.3, 0.4) is 0 Å². The standard InChI is InChI=1S/C10H10N2O7/c13-9(6-1-2-8(19-6)12(16)17)11-3-4-18-7(5-11)10(14)15/h1-2,7H,3-5H2,(H,14,15). The van der Waals surface area contributed by atoms with Gasteiger partial charge in [0.15, 0.2) is 11.9 Å². The molecule has 1 aromatic rings. The molecule has 0 aromatic carbocycles. The van der Waals surface area contributed by atoms with E-state index in [-0.39, 0.29) is 25.5 Å². The Hall–Kier alpha value is -2.42. The molecular weight excluding hydrogens is 260 g/mol. The van der Waals surface area contributed by atoms with Crippen LogP contribution in [0.2, 0.25) is 0 Å². The Balaban J connectivity index is 2.10. The van der Waals surface area contributed by atoms with Crippen LogP contribution in [-0.4, -0.2) is 52.6 Å². The summed E-state index contributed by atoms with van der Waals surface area (Å²) in [5, 5.41) is 19.3. The Morgan fingerprint density at radius 3 is 2.79 bits per heavy atom. The number of morpholine rings is 1. The Bertz CT molecular complexity index is 524. The monoisotopic (exact) mass is 270 g/mol. The molecule has 2 rings (SSSR count). The highest BCUT2D eigenvalue weighted by atomic mass is 16.6. The summed E-state index contributed by atoms with van der Waals surface area (Å²) in [6, 6.07) is 2.26. The molecule has 0 radical (unpaired) electrons. The van der Waals surface area contributed by atoms with Crippen LogP contribution in [0.15, 0.2) is 16.5 Å². The number of nitro groups is 1. The number of nitrogens with zero attached hydrogens (tertiary/aromatic N) is 2. The molecule has 1 amide bonds. The first-order chi connectivity index (χ1) is 8.99. The van der Waals surface area contributed by atoms with Gasteiger partial charge >= 0.3 is 11.9 Å². The van der Waals surface area contributed by atoms with Crippen molar-refractivity contribution in [1.29, 1.82) is 0 Å². The third-order valence-electron chi connectivity index (χ3n) is 2.61. The molecule has 2 heterocycles. The lowest BCUT2D eigenvalue weighted by atomic mass is 10.2. The van der Waals surface area contributed by atoms with E-state index >= 15 is 0 Å². The van der Waals surface area contributed by atoms with E-state index in [1.165, 1.54) is 11.0 Å². The molecule has 0 bridgehead atoms. The molecule has 1 aliphatic heterocycles. The smallest absolute Gasteiger partial charge is 0.433 e. The first kappa shape index (κ1) is 13.0. The first-order valence-electron chi connectivity index (χ1n) is 5.37. The normalized spacial score (nSPS) is 19.2. The van der Waals surface area contributed by atoms with Gasteiger partial charge in [-0.15, -0.1) is 0 Å². The van der Waals surface area contributed by atoms with Crippen molar-refractivity contribution in [2.24, 2.45) is 0 Å². The summed E-state index contributed by atoms with van der Waals surface area (Å²) >= 11 is 0. The summed E-state index contributed by atoms with van der Waals surface area (Å²) < 4.78 is 9.74. The molecule has 1 saturated heterocycles. The van der Waals surface area contributed by atoms with E-state index in [0.717, 1.165) is 6.07 Å². The summed E-state index contributed by atoms with van der Waals surface area (Å²) in [7, 11) is 0. The summed E-state index contributed by atoms with van der Waals surface area (Å²) in [6.45, 7) is 0.172. The number of hydrogen-bond donors (Lipinski definition) is 1. The molecule has 9 nitrogen and oxygen atoms in total. The molecule has 1 N–H and O–H groups in total. The molecule has 102 valence electrons. The Labute approximate surface area is 106 Å². The van der Waals surface area contributed by atoms with E-state index in [1.54, 1.807) is 0 Å². The van der Waals surface area contributed by atoms with Crippen molar-refractivity contribution in [3.05, 3.63) is 28.0 Å². The van der Waals surface area contributed by atoms with E-state index in [2.05, 4.69) is 0 Å². The molecule has 19 heavy (non-hydrogen) atoms. The molecule has 1 atom stereocenters. The second kappa shape index (κ2) is 5.06. The summed E-state index contributed by atoms with van der Waals surface area (Å²) in [5.41, 5.74) is 0. The van der Waals surface area contributed by atoms with E-state index in [4.69, 9.17) is 14.3 Å². The van der Waals surface area contributed by atoms with Crippen molar-refractivity contribution in [2.75, 3.05) is 19.7 Å². The second-order valence-electron chi connectivity index (χ2n) is 3.84. The maximum Gasteiger partial charge on any atom is 0.433 e. The van der Waals surface area contributed by atoms with Crippen LogP contribution in [0, 0.1) is 10.1 Å². The number of amides is 1. The number of rotatable bonds is 3. The zero-order chi connectivity index (χ0) is 14.0. The predicted octanol–water partition coefficient (Wildman–Crippen LogP) is 0.113. The van der Waals surface area contributed by atoms with Gasteiger partial charge in [-0.1, -0.05) is 0 Å². The van der Waals surface area contributed by atoms with E-state index in [1.807, 2.05) is 0 Å². The van der Waals surface area contributed by atoms with Crippen LogP contribution in [-0.2, 0) is 9.53 Å². The average Bonchev–Trinajstić information content (AvgIpc) is 2.87. The SMILES string of the molecule is O=C(O)C1CN(C(=O)c2ccc([N+](=O)[O-])o2)CCO1. The number of carboxylic acids is 1. The fourth-order valence-corrected chi connectivity index (χ4v) is 1.68. The average molecular weight is 270 g/mol. The topological polar surface area (TPSA) is 123 Å². The molecular formula is C10H10N2O7. The molecule has 9 heteroatoms. The number of hydrogen-bond acceptors (Lipinski definition) is 6. The predicted molar refractivity (Wildman–Crippen MR) is 58.6 cm³/mol. The van der Waals surface area contributed by atoms with Crippen LogP contribution in [0.25, 0.3) is 0 Å². The number of carbonyl (C=O) groups excluding carboxylic acids is 1. The second-order valence-corrected chi connectivity index (χ2v) is 3.84. The Kier molecular flexibility index (Phi) is 3.47. The van der Waals surface area contributed by atoms with Crippen molar-refractivity contribution >= 4 is 17.8 Å². The maximum absolute atomic E-state index is 12.0. The van der Waals surface area contributed by atoms with E-state index < -0.39 is 28.8 Å². The van der Waals surface area contributed by atoms with Crippen LogP contribution in [0.5, 0.6) is 0 Å². The van der Waals surface area contributed by atoms with Gasteiger partial charge in [-0.25, -0.2) is 4.79 Å². The number of ether oxygens (including phenoxy) is 1. The fourth-order valence-electron chi connectivity index (χ4n) is 1.68. The van der Waals surface area contributed by atoms with Gasteiger partial charge in [0.05, 0.1) is 19.2 Å². The summed E-state index contributed by atoms with van der Waals surface area (Å²) in [5.74, 6) is -2.49. The van der Waals surface area contributed by atoms with Gasteiger partial charge in [0.2, 0.25) is 0 Å². The minimum atomic E-state index is -1.16. The number of carbonyl (C=O) groups is 2. The van der Waals surface area contributed by atoms with Crippen molar-refractivity contribution in [3.8, 4) is 0 Å². The van der Waals surface area contributed by atoms with Crippen molar-refractivity contribution in [3.63, 3.8) is 0 Å². The zero-order valence-electron chi connectivity index (χ0n) is 9.64. The third-order valence-corrected chi connectivity index (χ3v) is 2.61. The maximum atomic E-state index is 12.0. The van der Waals surface area contributed by atoms with Crippen LogP contribution in [0.4, 0.5) is 5.88 Å². The third kappa shape index (κ3) is 2.71. The minimum absolute atomic E-state index is 0.0888. The lowest BCUT2D eigenvalue weighted by molar-refractivity contribution is -0.402. The zero-order valence-corrected chi connectivity index (χ0v) is 9.64. The van der Waals surface area contributed by atoms with Gasteiger partial charge in [-0.05, 0) is 6.07 Å². The van der Waals surface area contributed by atoms with Gasteiger partial charge in [-0.3, -0.25) is 14.9 Å². The van der Waals surface area contributed by atoms with E-state index in [0.29, 0.717) is 0 Å². The number of carboxylic acid groups (broad SMARTS) is 1. The summed E-state index contributed by atoms with van der Waals surface area (Å²) in [4.78, 5) is 33.7. The van der Waals surface area contributed by atoms with Gasteiger partial charge in [-0.2, -0.15) is 0 Å². The van der Waals surface area contributed by atoms with Gasteiger partial charge < -0.3 is 19.2 Å². The van der Waals surface area contributed by atoms with Crippen molar-refractivity contribution < 1.29 is 28.8 Å². The molecule has 1 aromatic heterocycles. The van der Waals surface area contributed by atoms with Gasteiger partial charge in [0.1, 0.15) is 4.92 Å². The van der Waals surface area contributed by atoms with Crippen LogP contribution >= 0.6 is 0 Å². The quantitative estimate of drug-likeness (QED) is 0.610. The molecule has 0 saturated carbocycles. The molecule has 1 aliphatic rings. The highest BCUT2D eigenvalue weighted by Crippen LogP contribution is 2.18. The minimum Gasteiger partial charge on any atom is -0.479 e. The lowest BCUT2D eigenvalue weighted by Gasteiger charge is -2.30. The van der Waals surface area contributed by atoms with Crippen molar-refractivity contribution in [2.45, 2.75) is 6.10 Å².